The molecule has 2 aliphatic rings. The molecule has 3 amide bonds. The molecule has 1 N–H and O–H groups in total. The van der Waals surface area contributed by atoms with Crippen molar-refractivity contribution in [2.24, 2.45) is 0 Å². The van der Waals surface area contributed by atoms with Crippen molar-refractivity contribution in [1.82, 2.24) is 9.80 Å². The van der Waals surface area contributed by atoms with Gasteiger partial charge in [0.05, 0.1) is 0 Å². The van der Waals surface area contributed by atoms with Crippen molar-refractivity contribution in [3.63, 3.8) is 0 Å². The highest BCUT2D eigenvalue weighted by atomic mass is 16.4. The topological polar surface area (TPSA) is 77.9 Å². The molecule has 3 rings (SSSR count). The number of urea groups is 1. The molecule has 2 aliphatic heterocycles. The fourth-order valence-electron chi connectivity index (χ4n) is 2.97. The standard InChI is InChI=1S/C15H16N2O4/c18-13(19)6-3-7-16-14(20)12-8-10-4-1-2-5-11(10)9-17(12)15(16)21/h1-2,4-5,12H,3,6-9H2,(H,18,19)/t12-/m1/s1. The highest BCUT2D eigenvalue weighted by molar-refractivity contribution is 6.04. The molecule has 0 aliphatic carbocycles. The summed E-state index contributed by atoms with van der Waals surface area (Å²) in [7, 11) is 0. The molecule has 1 saturated heterocycles. The second-order valence-electron chi connectivity index (χ2n) is 5.39. The molecule has 1 aromatic carbocycles. The number of amides is 3. The fourth-order valence-corrected chi connectivity index (χ4v) is 2.97. The lowest BCUT2D eigenvalue weighted by Gasteiger charge is -2.28. The van der Waals surface area contributed by atoms with Gasteiger partial charge in [0.1, 0.15) is 6.04 Å². The van der Waals surface area contributed by atoms with Crippen LogP contribution in [0.3, 0.4) is 0 Å². The van der Waals surface area contributed by atoms with Crippen LogP contribution in [0.1, 0.15) is 24.0 Å². The lowest BCUT2D eigenvalue weighted by molar-refractivity contribution is -0.137. The number of carboxylic acid groups (broad SMARTS) is 1. The molecule has 6 nitrogen and oxygen atoms in total. The molecule has 1 fully saturated rings. The largest absolute Gasteiger partial charge is 0.481 e. The summed E-state index contributed by atoms with van der Waals surface area (Å²) in [6.45, 7) is 0.619. The Labute approximate surface area is 122 Å². The second-order valence-corrected chi connectivity index (χ2v) is 5.39. The maximum absolute atomic E-state index is 12.4. The Kier molecular flexibility index (Phi) is 3.37. The van der Waals surface area contributed by atoms with Crippen molar-refractivity contribution in [2.75, 3.05) is 6.54 Å². The molecule has 110 valence electrons. The first kappa shape index (κ1) is 13.6. The zero-order chi connectivity index (χ0) is 15.0. The van der Waals surface area contributed by atoms with Crippen LogP contribution in [0.2, 0.25) is 0 Å². The molecule has 0 saturated carbocycles. The van der Waals surface area contributed by atoms with E-state index in [-0.39, 0.29) is 24.9 Å². The van der Waals surface area contributed by atoms with Gasteiger partial charge >= 0.3 is 12.0 Å². The summed E-state index contributed by atoms with van der Waals surface area (Å²) in [5, 5.41) is 8.65. The van der Waals surface area contributed by atoms with Gasteiger partial charge < -0.3 is 10.0 Å². The Morgan fingerprint density at radius 3 is 2.67 bits per heavy atom. The minimum Gasteiger partial charge on any atom is -0.481 e. The molecule has 0 bridgehead atoms. The number of rotatable bonds is 4. The number of carboxylic acids is 1. The third kappa shape index (κ3) is 2.37. The van der Waals surface area contributed by atoms with Crippen molar-refractivity contribution < 1.29 is 19.5 Å². The third-order valence-corrected chi connectivity index (χ3v) is 4.05. The van der Waals surface area contributed by atoms with E-state index in [4.69, 9.17) is 5.11 Å². The zero-order valence-electron chi connectivity index (χ0n) is 11.5. The third-order valence-electron chi connectivity index (χ3n) is 4.05. The van der Waals surface area contributed by atoms with Gasteiger partial charge in [-0.05, 0) is 17.5 Å². The minimum atomic E-state index is -0.917. The molecular weight excluding hydrogens is 272 g/mol. The predicted molar refractivity (Wildman–Crippen MR) is 73.5 cm³/mol. The van der Waals surface area contributed by atoms with E-state index in [0.717, 1.165) is 11.1 Å². The molecule has 0 aromatic heterocycles. The highest BCUT2D eigenvalue weighted by Gasteiger charge is 2.46. The van der Waals surface area contributed by atoms with Crippen molar-refractivity contribution >= 4 is 17.9 Å². The minimum absolute atomic E-state index is 0.0397. The van der Waals surface area contributed by atoms with E-state index in [9.17, 15) is 14.4 Å². The molecular formula is C15H16N2O4. The smallest absolute Gasteiger partial charge is 0.327 e. The Morgan fingerprint density at radius 1 is 1.24 bits per heavy atom. The molecule has 0 radical (unpaired) electrons. The molecule has 0 unspecified atom stereocenters. The molecule has 1 aromatic rings. The van der Waals surface area contributed by atoms with E-state index in [2.05, 4.69) is 0 Å². The number of imide groups is 1. The first-order valence-corrected chi connectivity index (χ1v) is 6.98. The Balaban J connectivity index is 1.75. The van der Waals surface area contributed by atoms with Crippen LogP contribution in [-0.2, 0) is 22.6 Å². The number of hydrogen-bond donors (Lipinski definition) is 1. The van der Waals surface area contributed by atoms with Crippen LogP contribution in [0, 0.1) is 0 Å². The van der Waals surface area contributed by atoms with Crippen molar-refractivity contribution in [2.45, 2.75) is 31.8 Å². The normalized spacial score (nSPS) is 20.5. The van der Waals surface area contributed by atoms with Crippen LogP contribution in [0.4, 0.5) is 4.79 Å². The van der Waals surface area contributed by atoms with E-state index < -0.39 is 12.0 Å². The van der Waals surface area contributed by atoms with E-state index in [0.29, 0.717) is 19.4 Å². The van der Waals surface area contributed by atoms with Gasteiger partial charge in [0, 0.05) is 25.9 Å². The second kappa shape index (κ2) is 5.20. The van der Waals surface area contributed by atoms with Gasteiger partial charge in [-0.15, -0.1) is 0 Å². The lowest BCUT2D eigenvalue weighted by atomic mass is 9.95. The number of fused-ring (bicyclic) bond motifs is 2. The number of hydrogen-bond acceptors (Lipinski definition) is 3. The fraction of sp³-hybridized carbons (Fsp3) is 0.400. The maximum Gasteiger partial charge on any atom is 0.327 e. The number of carbonyl (C=O) groups excluding carboxylic acids is 2. The van der Waals surface area contributed by atoms with E-state index in [1.165, 1.54) is 4.90 Å². The average Bonchev–Trinajstić information content (AvgIpc) is 2.69. The van der Waals surface area contributed by atoms with Gasteiger partial charge in [-0.25, -0.2) is 4.79 Å². The summed E-state index contributed by atoms with van der Waals surface area (Å²) in [5.74, 6) is -1.13. The molecule has 0 spiro atoms. The number of nitrogens with zero attached hydrogens (tertiary/aromatic N) is 2. The predicted octanol–water partition coefficient (Wildman–Crippen LogP) is 1.24. The molecule has 6 heteroatoms. The van der Waals surface area contributed by atoms with E-state index in [1.807, 2.05) is 24.3 Å². The Morgan fingerprint density at radius 2 is 1.95 bits per heavy atom. The summed E-state index contributed by atoms with van der Waals surface area (Å²) in [6, 6.07) is 7.07. The van der Waals surface area contributed by atoms with Crippen LogP contribution < -0.4 is 0 Å². The van der Waals surface area contributed by atoms with Crippen molar-refractivity contribution in [1.29, 1.82) is 0 Å². The van der Waals surface area contributed by atoms with Gasteiger partial charge in [-0.3, -0.25) is 14.5 Å². The number of benzene rings is 1. The number of aliphatic carboxylic acids is 1. The molecule has 1 atom stereocenters. The first-order chi connectivity index (χ1) is 10.1. The van der Waals surface area contributed by atoms with Gasteiger partial charge in [-0.2, -0.15) is 0 Å². The zero-order valence-corrected chi connectivity index (χ0v) is 11.5. The molecule has 21 heavy (non-hydrogen) atoms. The highest BCUT2D eigenvalue weighted by Crippen LogP contribution is 2.29. The summed E-state index contributed by atoms with van der Waals surface area (Å²) < 4.78 is 0. The number of carbonyl (C=O) groups is 3. The van der Waals surface area contributed by atoms with Crippen molar-refractivity contribution in [3.8, 4) is 0 Å². The van der Waals surface area contributed by atoms with Gasteiger partial charge in [0.15, 0.2) is 0 Å². The summed E-state index contributed by atoms with van der Waals surface area (Å²) >= 11 is 0. The summed E-state index contributed by atoms with van der Waals surface area (Å²) in [6.07, 6.45) is 0.790. The van der Waals surface area contributed by atoms with Crippen LogP contribution in [0.15, 0.2) is 24.3 Å². The Hall–Kier alpha value is -2.37. The maximum atomic E-state index is 12.4. The van der Waals surface area contributed by atoms with E-state index in [1.54, 1.807) is 4.90 Å². The molecule has 2 heterocycles. The van der Waals surface area contributed by atoms with Gasteiger partial charge in [-0.1, -0.05) is 24.3 Å². The van der Waals surface area contributed by atoms with Crippen molar-refractivity contribution in [3.05, 3.63) is 35.4 Å². The van der Waals surface area contributed by atoms with E-state index >= 15 is 0 Å². The SMILES string of the molecule is O=C(O)CCCN1C(=O)[C@H]2Cc3ccccc3CN2C1=O. The summed E-state index contributed by atoms with van der Waals surface area (Å²) in [5.41, 5.74) is 2.18. The first-order valence-electron chi connectivity index (χ1n) is 6.98. The van der Waals surface area contributed by atoms with Gasteiger partial charge in [0.25, 0.3) is 5.91 Å². The van der Waals surface area contributed by atoms with Crippen LogP contribution in [0.25, 0.3) is 0 Å². The van der Waals surface area contributed by atoms with Crippen LogP contribution in [-0.4, -0.2) is 45.4 Å². The van der Waals surface area contributed by atoms with Crippen LogP contribution in [0.5, 0.6) is 0 Å². The average molecular weight is 288 g/mol. The summed E-state index contributed by atoms with van der Waals surface area (Å²) in [4.78, 5) is 38.0. The van der Waals surface area contributed by atoms with Gasteiger partial charge in [0.2, 0.25) is 0 Å². The lowest BCUT2D eigenvalue weighted by Crippen LogP contribution is -2.39. The quantitative estimate of drug-likeness (QED) is 0.846. The van der Waals surface area contributed by atoms with Crippen LogP contribution >= 0.6 is 0 Å². The Bertz CT molecular complexity index is 570. The monoisotopic (exact) mass is 288 g/mol.